The largest absolute Gasteiger partial charge is 0.444 e. The molecule has 0 fully saturated rings. The monoisotopic (exact) mass is 450 g/mol. The average Bonchev–Trinajstić information content (AvgIpc) is 3.42. The maximum Gasteiger partial charge on any atom is 0.333 e. The number of nitriles is 1. The molecule has 1 atom stereocenters. The summed E-state index contributed by atoms with van der Waals surface area (Å²) in [4.78, 5) is 31.9. The molecule has 3 heterocycles. The molecule has 4 rings (SSSR count). The fourth-order valence-electron chi connectivity index (χ4n) is 3.69. The molecule has 0 bridgehead atoms. The van der Waals surface area contributed by atoms with E-state index >= 15 is 0 Å². The van der Waals surface area contributed by atoms with Crippen LogP contribution in [-0.4, -0.2) is 20.2 Å². The quantitative estimate of drug-likeness (QED) is 0.423. The number of thiophene rings is 1. The Morgan fingerprint density at radius 3 is 2.59 bits per heavy atom. The van der Waals surface area contributed by atoms with E-state index in [1.54, 1.807) is 6.92 Å². The zero-order valence-electron chi connectivity index (χ0n) is 17.9. The number of oxazole rings is 1. The van der Waals surface area contributed by atoms with Crippen LogP contribution < -0.4 is 11.2 Å². The molecule has 4 aromatic rings. The molecular weight excluding hydrogens is 428 g/mol. The summed E-state index contributed by atoms with van der Waals surface area (Å²) < 4.78 is 14.1. The third-order valence-corrected chi connectivity index (χ3v) is 6.41. The smallest absolute Gasteiger partial charge is 0.333 e. The predicted octanol–water partition coefficient (Wildman–Crippen LogP) is 3.88. The number of aromatic nitrogens is 3. The highest BCUT2D eigenvalue weighted by Gasteiger charge is 2.25. The Balaban J connectivity index is 1.97. The van der Waals surface area contributed by atoms with E-state index in [1.807, 2.05) is 50.2 Å². The second-order valence-electron chi connectivity index (χ2n) is 7.60. The summed E-state index contributed by atoms with van der Waals surface area (Å²) in [6.07, 6.45) is 2.49. The van der Waals surface area contributed by atoms with E-state index < -0.39 is 17.4 Å². The van der Waals surface area contributed by atoms with Crippen molar-refractivity contribution in [2.45, 2.75) is 46.1 Å². The molecule has 164 valence electrons. The fourth-order valence-corrected chi connectivity index (χ4v) is 4.94. The first-order valence-electron chi connectivity index (χ1n) is 10.2. The third kappa shape index (κ3) is 3.90. The van der Waals surface area contributed by atoms with Gasteiger partial charge >= 0.3 is 5.69 Å². The van der Waals surface area contributed by atoms with Crippen LogP contribution in [0, 0.1) is 18.3 Å². The lowest BCUT2D eigenvalue weighted by molar-refractivity contribution is -0.00336. The Morgan fingerprint density at radius 1 is 1.22 bits per heavy atom. The zero-order chi connectivity index (χ0) is 22.8. The van der Waals surface area contributed by atoms with Crippen LogP contribution in [0.15, 0.2) is 56.8 Å². The molecule has 0 saturated heterocycles. The van der Waals surface area contributed by atoms with E-state index in [4.69, 9.17) is 9.15 Å². The summed E-state index contributed by atoms with van der Waals surface area (Å²) in [5.74, 6) is 0.381. The minimum atomic E-state index is -0.544. The van der Waals surface area contributed by atoms with Gasteiger partial charge in [0.25, 0.3) is 5.56 Å². The summed E-state index contributed by atoms with van der Waals surface area (Å²) in [6.45, 7) is 5.51. The van der Waals surface area contributed by atoms with Gasteiger partial charge in [0, 0.05) is 0 Å². The van der Waals surface area contributed by atoms with Gasteiger partial charge in [-0.3, -0.25) is 9.36 Å². The first-order valence-corrected chi connectivity index (χ1v) is 11.0. The van der Waals surface area contributed by atoms with Crippen LogP contribution in [0.4, 0.5) is 0 Å². The molecule has 0 amide bonds. The highest BCUT2D eigenvalue weighted by molar-refractivity contribution is 7.22. The summed E-state index contributed by atoms with van der Waals surface area (Å²) >= 11 is 1.27. The van der Waals surface area contributed by atoms with Crippen molar-refractivity contribution in [2.75, 3.05) is 0 Å². The van der Waals surface area contributed by atoms with E-state index in [1.165, 1.54) is 28.4 Å². The lowest BCUT2D eigenvalue weighted by Gasteiger charge is -2.22. The van der Waals surface area contributed by atoms with Gasteiger partial charge in [-0.25, -0.2) is 14.3 Å². The average molecular weight is 451 g/mol. The van der Waals surface area contributed by atoms with E-state index in [2.05, 4.69) is 4.98 Å². The third-order valence-electron chi connectivity index (χ3n) is 5.11. The normalized spacial score (nSPS) is 12.3. The number of aryl methyl sites for hydroxylation is 1. The lowest BCUT2D eigenvalue weighted by Crippen LogP contribution is -2.40. The van der Waals surface area contributed by atoms with Crippen LogP contribution in [0.3, 0.4) is 0 Å². The Morgan fingerprint density at radius 2 is 1.97 bits per heavy atom. The molecule has 0 aliphatic rings. The summed E-state index contributed by atoms with van der Waals surface area (Å²) in [6, 6.07) is 11.5. The molecule has 0 spiro atoms. The molecule has 0 aliphatic heterocycles. The van der Waals surface area contributed by atoms with Gasteiger partial charge in [-0.1, -0.05) is 30.3 Å². The van der Waals surface area contributed by atoms with E-state index in [0.717, 1.165) is 10.1 Å². The summed E-state index contributed by atoms with van der Waals surface area (Å²) in [5.41, 5.74) is 0.548. The molecule has 1 aromatic carbocycles. The fraction of sp³-hybridized carbons (Fsp3) is 0.304. The zero-order valence-corrected chi connectivity index (χ0v) is 18.8. The van der Waals surface area contributed by atoms with Crippen molar-refractivity contribution in [3.63, 3.8) is 0 Å². The Hall–Kier alpha value is -3.48. The van der Waals surface area contributed by atoms with Crippen molar-refractivity contribution in [3.8, 4) is 16.8 Å². The Bertz CT molecular complexity index is 1390. The van der Waals surface area contributed by atoms with Crippen molar-refractivity contribution in [2.24, 2.45) is 0 Å². The topological polar surface area (TPSA) is 103 Å². The molecule has 32 heavy (non-hydrogen) atoms. The van der Waals surface area contributed by atoms with Crippen molar-refractivity contribution < 1.29 is 9.15 Å². The van der Waals surface area contributed by atoms with E-state index in [0.29, 0.717) is 26.5 Å². The van der Waals surface area contributed by atoms with Gasteiger partial charge in [0.05, 0.1) is 35.2 Å². The van der Waals surface area contributed by atoms with Gasteiger partial charge in [-0.2, -0.15) is 5.26 Å². The standard InChI is InChI=1S/C23H22N4O4S/c1-14(2)31-17(16-7-5-4-6-8-16)13-27-22-18(21(28)26(11-9-24)23(27)29)15(3)19(32-22)20-25-10-12-30-20/h4-8,10,12,14,17H,11,13H2,1-3H3/t17-/m0/s1. The first-order chi connectivity index (χ1) is 15.4. The van der Waals surface area contributed by atoms with E-state index in [9.17, 15) is 14.9 Å². The summed E-state index contributed by atoms with van der Waals surface area (Å²) in [7, 11) is 0. The van der Waals surface area contributed by atoms with Crippen LogP contribution in [0.25, 0.3) is 21.0 Å². The number of ether oxygens (including phenoxy) is 1. The number of hydrogen-bond donors (Lipinski definition) is 0. The number of hydrogen-bond acceptors (Lipinski definition) is 7. The lowest BCUT2D eigenvalue weighted by atomic mass is 10.1. The second-order valence-corrected chi connectivity index (χ2v) is 8.60. The maximum atomic E-state index is 13.3. The van der Waals surface area contributed by atoms with Crippen LogP contribution in [-0.2, 0) is 17.8 Å². The van der Waals surface area contributed by atoms with Gasteiger partial charge < -0.3 is 9.15 Å². The first kappa shape index (κ1) is 21.7. The Labute approximate surface area is 187 Å². The molecule has 0 unspecified atom stereocenters. The molecule has 9 heteroatoms. The SMILES string of the molecule is Cc1c(-c2ncco2)sc2c1c(=O)n(CC#N)c(=O)n2C[C@H](OC(C)C)c1ccccc1. The molecule has 0 radical (unpaired) electrons. The highest BCUT2D eigenvalue weighted by atomic mass is 32.1. The van der Waals surface area contributed by atoms with Gasteiger partial charge in [0.15, 0.2) is 0 Å². The van der Waals surface area contributed by atoms with Gasteiger partial charge in [-0.15, -0.1) is 11.3 Å². The predicted molar refractivity (Wildman–Crippen MR) is 122 cm³/mol. The number of benzene rings is 1. The maximum absolute atomic E-state index is 13.3. The van der Waals surface area contributed by atoms with Crippen molar-refractivity contribution in [1.82, 2.24) is 14.1 Å². The highest BCUT2D eigenvalue weighted by Crippen LogP contribution is 2.36. The summed E-state index contributed by atoms with van der Waals surface area (Å²) in [5, 5.41) is 9.61. The van der Waals surface area contributed by atoms with E-state index in [-0.39, 0.29) is 19.2 Å². The van der Waals surface area contributed by atoms with Crippen LogP contribution >= 0.6 is 11.3 Å². The minimum absolute atomic E-state index is 0.0793. The van der Waals surface area contributed by atoms with Gasteiger partial charge in [0.2, 0.25) is 5.89 Å². The van der Waals surface area contributed by atoms with Crippen molar-refractivity contribution >= 4 is 21.6 Å². The minimum Gasteiger partial charge on any atom is -0.444 e. The molecule has 3 aromatic heterocycles. The number of fused-ring (bicyclic) bond motifs is 1. The van der Waals surface area contributed by atoms with Crippen molar-refractivity contribution in [1.29, 1.82) is 5.26 Å². The van der Waals surface area contributed by atoms with Gasteiger partial charge in [0.1, 0.15) is 23.7 Å². The molecule has 0 saturated carbocycles. The number of nitrogens with zero attached hydrogens (tertiary/aromatic N) is 4. The molecule has 0 N–H and O–H groups in total. The van der Waals surface area contributed by atoms with Crippen molar-refractivity contribution in [3.05, 3.63) is 74.8 Å². The van der Waals surface area contributed by atoms with Crippen LogP contribution in [0.2, 0.25) is 0 Å². The Kier molecular flexibility index (Phi) is 6.08. The molecule has 0 aliphatic carbocycles. The van der Waals surface area contributed by atoms with Gasteiger partial charge in [-0.05, 0) is 31.9 Å². The molecular formula is C23H22N4O4S. The van der Waals surface area contributed by atoms with Crippen LogP contribution in [0.1, 0.15) is 31.1 Å². The van der Waals surface area contributed by atoms with Crippen LogP contribution in [0.5, 0.6) is 0 Å². The second kappa shape index (κ2) is 8.94. The number of rotatable bonds is 7. The molecule has 8 nitrogen and oxygen atoms in total.